The SMILES string of the molecule is Cc1cccc(C)c1NC(=O)CN1CCC(Oc2cncc(OCC3COc4ccccc4O3)n2)C1. The molecule has 0 aliphatic carbocycles. The van der Waals surface area contributed by atoms with Crippen LogP contribution in [0, 0.1) is 13.8 Å². The Morgan fingerprint density at radius 2 is 1.86 bits per heavy atom. The lowest BCUT2D eigenvalue weighted by Gasteiger charge is -2.26. The molecular weight excluding hydrogens is 460 g/mol. The molecule has 0 bridgehead atoms. The van der Waals surface area contributed by atoms with Gasteiger partial charge in [0.2, 0.25) is 17.7 Å². The second-order valence-electron chi connectivity index (χ2n) is 9.08. The Morgan fingerprint density at radius 3 is 2.69 bits per heavy atom. The van der Waals surface area contributed by atoms with E-state index in [2.05, 4.69) is 20.2 Å². The summed E-state index contributed by atoms with van der Waals surface area (Å²) in [7, 11) is 0. The number of nitrogens with zero attached hydrogens (tertiary/aromatic N) is 3. The molecule has 2 aliphatic rings. The number of carbonyl (C=O) groups is 1. The van der Waals surface area contributed by atoms with Crippen molar-refractivity contribution in [3.63, 3.8) is 0 Å². The summed E-state index contributed by atoms with van der Waals surface area (Å²) < 4.78 is 23.5. The van der Waals surface area contributed by atoms with Gasteiger partial charge in [0.25, 0.3) is 0 Å². The Balaban J connectivity index is 1.09. The van der Waals surface area contributed by atoms with Gasteiger partial charge in [0.05, 0.1) is 18.9 Å². The third-order valence-electron chi connectivity index (χ3n) is 6.20. The predicted octanol–water partition coefficient (Wildman–Crippen LogP) is 3.40. The molecule has 2 unspecified atom stereocenters. The van der Waals surface area contributed by atoms with Crippen LogP contribution in [0.1, 0.15) is 17.5 Å². The fourth-order valence-electron chi connectivity index (χ4n) is 4.38. The van der Waals surface area contributed by atoms with Crippen molar-refractivity contribution in [2.45, 2.75) is 32.5 Å². The minimum absolute atomic E-state index is 0.0280. The summed E-state index contributed by atoms with van der Waals surface area (Å²) in [6.07, 6.45) is 3.59. The second kappa shape index (κ2) is 10.8. The van der Waals surface area contributed by atoms with E-state index in [4.69, 9.17) is 18.9 Å². The molecule has 1 aromatic heterocycles. The Bertz CT molecular complexity index is 1200. The Labute approximate surface area is 210 Å². The molecule has 3 aromatic rings. The Kier molecular flexibility index (Phi) is 7.18. The number of rotatable bonds is 8. The third-order valence-corrected chi connectivity index (χ3v) is 6.20. The first kappa shape index (κ1) is 23.9. The third kappa shape index (κ3) is 5.85. The highest BCUT2D eigenvalue weighted by atomic mass is 16.6. The second-order valence-corrected chi connectivity index (χ2v) is 9.08. The zero-order chi connectivity index (χ0) is 24.9. The van der Waals surface area contributed by atoms with Gasteiger partial charge < -0.3 is 24.3 Å². The first-order valence-electron chi connectivity index (χ1n) is 12.1. The Morgan fingerprint density at radius 1 is 1.08 bits per heavy atom. The molecule has 0 spiro atoms. The average molecular weight is 491 g/mol. The van der Waals surface area contributed by atoms with E-state index < -0.39 is 0 Å². The van der Waals surface area contributed by atoms with E-state index in [9.17, 15) is 4.79 Å². The predicted molar refractivity (Wildman–Crippen MR) is 134 cm³/mol. The summed E-state index contributed by atoms with van der Waals surface area (Å²) in [4.78, 5) is 23.3. The largest absolute Gasteiger partial charge is 0.486 e. The Hall–Kier alpha value is -3.85. The molecule has 36 heavy (non-hydrogen) atoms. The molecule has 9 heteroatoms. The molecule has 2 aromatic carbocycles. The fourth-order valence-corrected chi connectivity index (χ4v) is 4.38. The number of likely N-dealkylation sites (tertiary alicyclic amines) is 1. The lowest BCUT2D eigenvalue weighted by Crippen LogP contribution is -2.34. The van der Waals surface area contributed by atoms with E-state index in [1.54, 1.807) is 12.4 Å². The molecule has 2 atom stereocenters. The van der Waals surface area contributed by atoms with Gasteiger partial charge in [0.15, 0.2) is 17.6 Å². The van der Waals surface area contributed by atoms with Crippen LogP contribution in [-0.2, 0) is 4.79 Å². The van der Waals surface area contributed by atoms with Gasteiger partial charge in [-0.3, -0.25) is 14.7 Å². The monoisotopic (exact) mass is 490 g/mol. The minimum Gasteiger partial charge on any atom is -0.486 e. The fraction of sp³-hybridized carbons (Fsp3) is 0.370. The van der Waals surface area contributed by atoms with Gasteiger partial charge in [-0.05, 0) is 43.5 Å². The summed E-state index contributed by atoms with van der Waals surface area (Å²) in [6.45, 7) is 6.39. The first-order chi connectivity index (χ1) is 17.5. The summed E-state index contributed by atoms with van der Waals surface area (Å²) in [5.41, 5.74) is 2.99. The van der Waals surface area contributed by atoms with Crippen molar-refractivity contribution in [2.75, 3.05) is 38.2 Å². The van der Waals surface area contributed by atoms with Crippen LogP contribution in [0.25, 0.3) is 0 Å². The zero-order valence-corrected chi connectivity index (χ0v) is 20.5. The summed E-state index contributed by atoms with van der Waals surface area (Å²) in [5.74, 6) is 2.16. The number of benzene rings is 2. The number of hydrogen-bond acceptors (Lipinski definition) is 8. The van der Waals surface area contributed by atoms with Crippen molar-refractivity contribution >= 4 is 11.6 Å². The van der Waals surface area contributed by atoms with Crippen LogP contribution in [0.15, 0.2) is 54.9 Å². The highest BCUT2D eigenvalue weighted by Gasteiger charge is 2.26. The van der Waals surface area contributed by atoms with E-state index in [1.165, 1.54) is 0 Å². The molecule has 0 radical (unpaired) electrons. The van der Waals surface area contributed by atoms with Gasteiger partial charge >= 0.3 is 0 Å². The van der Waals surface area contributed by atoms with Crippen LogP contribution < -0.4 is 24.3 Å². The van der Waals surface area contributed by atoms with Crippen molar-refractivity contribution in [1.82, 2.24) is 14.9 Å². The van der Waals surface area contributed by atoms with Crippen LogP contribution >= 0.6 is 0 Å². The molecule has 1 fully saturated rings. The zero-order valence-electron chi connectivity index (χ0n) is 20.5. The van der Waals surface area contributed by atoms with Crippen LogP contribution in [0.4, 0.5) is 5.69 Å². The molecule has 2 aliphatic heterocycles. The average Bonchev–Trinajstić information content (AvgIpc) is 3.31. The van der Waals surface area contributed by atoms with Gasteiger partial charge in [-0.2, -0.15) is 4.98 Å². The van der Waals surface area contributed by atoms with Crippen molar-refractivity contribution in [2.24, 2.45) is 0 Å². The van der Waals surface area contributed by atoms with Gasteiger partial charge in [-0.1, -0.05) is 30.3 Å². The summed E-state index contributed by atoms with van der Waals surface area (Å²) >= 11 is 0. The van der Waals surface area contributed by atoms with Crippen molar-refractivity contribution in [3.05, 3.63) is 66.0 Å². The molecule has 3 heterocycles. The summed E-state index contributed by atoms with van der Waals surface area (Å²) in [6, 6.07) is 13.5. The summed E-state index contributed by atoms with van der Waals surface area (Å²) in [5, 5.41) is 3.04. The van der Waals surface area contributed by atoms with Gasteiger partial charge in [0.1, 0.15) is 19.3 Å². The molecule has 1 amide bonds. The number of hydrogen-bond donors (Lipinski definition) is 1. The number of ether oxygens (including phenoxy) is 4. The molecule has 9 nitrogen and oxygen atoms in total. The first-order valence-corrected chi connectivity index (χ1v) is 12.1. The maximum atomic E-state index is 12.6. The highest BCUT2D eigenvalue weighted by Crippen LogP contribution is 2.31. The minimum atomic E-state index is -0.246. The number of anilines is 1. The van der Waals surface area contributed by atoms with Crippen LogP contribution in [0.5, 0.6) is 23.3 Å². The standard InChI is InChI=1S/C27H30N4O5/c1-18-6-5-7-19(2)27(18)29-24(32)15-31-11-10-20(14-31)36-26-13-28-12-25(30-26)34-17-21-16-33-22-8-3-4-9-23(22)35-21/h3-9,12-13,20-21H,10-11,14-17H2,1-2H3,(H,29,32). The quantitative estimate of drug-likeness (QED) is 0.513. The van der Waals surface area contributed by atoms with Crippen LogP contribution in [-0.4, -0.2) is 65.8 Å². The van der Waals surface area contributed by atoms with Crippen molar-refractivity contribution in [3.8, 4) is 23.3 Å². The van der Waals surface area contributed by atoms with Crippen molar-refractivity contribution < 1.29 is 23.7 Å². The van der Waals surface area contributed by atoms with Gasteiger partial charge in [0, 0.05) is 18.8 Å². The maximum absolute atomic E-state index is 12.6. The van der Waals surface area contributed by atoms with E-state index in [0.29, 0.717) is 37.2 Å². The number of amides is 1. The number of aromatic nitrogens is 2. The molecule has 188 valence electrons. The lowest BCUT2D eigenvalue weighted by atomic mass is 10.1. The topological polar surface area (TPSA) is 95.0 Å². The number of carbonyl (C=O) groups excluding carboxylic acids is 1. The van der Waals surface area contributed by atoms with E-state index in [-0.39, 0.29) is 24.7 Å². The van der Waals surface area contributed by atoms with E-state index >= 15 is 0 Å². The molecular formula is C27H30N4O5. The molecule has 5 rings (SSSR count). The number of para-hydroxylation sites is 3. The smallest absolute Gasteiger partial charge is 0.238 e. The maximum Gasteiger partial charge on any atom is 0.238 e. The number of nitrogens with one attached hydrogen (secondary N) is 1. The molecule has 1 saturated heterocycles. The molecule has 1 N–H and O–H groups in total. The van der Waals surface area contributed by atoms with Gasteiger partial charge in [-0.25, -0.2) is 0 Å². The normalized spacial score (nSPS) is 19.1. The molecule has 0 saturated carbocycles. The lowest BCUT2D eigenvalue weighted by molar-refractivity contribution is -0.117. The number of aryl methyl sites for hydroxylation is 2. The van der Waals surface area contributed by atoms with E-state index in [0.717, 1.165) is 35.5 Å². The van der Waals surface area contributed by atoms with Gasteiger partial charge in [-0.15, -0.1) is 0 Å². The highest BCUT2D eigenvalue weighted by molar-refractivity contribution is 5.93. The van der Waals surface area contributed by atoms with Crippen LogP contribution in [0.3, 0.4) is 0 Å². The number of fused-ring (bicyclic) bond motifs is 1. The van der Waals surface area contributed by atoms with Crippen molar-refractivity contribution in [1.29, 1.82) is 0 Å². The van der Waals surface area contributed by atoms with Crippen LogP contribution in [0.2, 0.25) is 0 Å². The van der Waals surface area contributed by atoms with E-state index in [1.807, 2.05) is 56.3 Å².